The summed E-state index contributed by atoms with van der Waals surface area (Å²) in [5.74, 6) is 0.943. The summed E-state index contributed by atoms with van der Waals surface area (Å²) in [4.78, 5) is 0. The van der Waals surface area contributed by atoms with E-state index in [0.717, 1.165) is 36.1 Å². The molecule has 4 heteroatoms. The van der Waals surface area contributed by atoms with Crippen LogP contribution >= 0.6 is 0 Å². The van der Waals surface area contributed by atoms with Gasteiger partial charge in [-0.15, -0.1) is 0 Å². The van der Waals surface area contributed by atoms with Gasteiger partial charge < -0.3 is 20.3 Å². The fraction of sp³-hybridized carbons (Fsp3) is 0.333. The van der Waals surface area contributed by atoms with Crippen molar-refractivity contribution in [1.29, 1.82) is 0 Å². The second kappa shape index (κ2) is 6.97. The van der Waals surface area contributed by atoms with Crippen LogP contribution in [-0.2, 0) is 24.7 Å². The smallest absolute Gasteiger partial charge is 0.166 e. The zero-order chi connectivity index (χ0) is 23.0. The Kier molecular flexibility index (Phi) is 4.16. The van der Waals surface area contributed by atoms with Gasteiger partial charge in [-0.1, -0.05) is 78.9 Å². The molecule has 2 heterocycles. The van der Waals surface area contributed by atoms with Gasteiger partial charge in [-0.2, -0.15) is 0 Å². The number of nitrogens with one attached hydrogen (secondary N) is 1. The van der Waals surface area contributed by atoms with E-state index in [9.17, 15) is 10.2 Å². The Morgan fingerprint density at radius 3 is 2.35 bits per heavy atom. The molecule has 1 fully saturated rings. The van der Waals surface area contributed by atoms with Gasteiger partial charge in [0.1, 0.15) is 5.60 Å². The molecule has 2 aliphatic heterocycles. The third-order valence-corrected chi connectivity index (χ3v) is 8.93. The number of hydrogen-bond acceptors (Lipinski definition) is 4. The number of aliphatic hydroxyl groups is 1. The molecule has 7 rings (SSSR count). The quantitative estimate of drug-likeness (QED) is 0.523. The minimum atomic E-state index is -1.25. The Morgan fingerprint density at radius 2 is 1.62 bits per heavy atom. The highest BCUT2D eigenvalue weighted by molar-refractivity contribution is 5.65. The van der Waals surface area contributed by atoms with Crippen LogP contribution in [-0.4, -0.2) is 34.0 Å². The van der Waals surface area contributed by atoms with E-state index in [-0.39, 0.29) is 17.7 Å². The first-order valence-electron chi connectivity index (χ1n) is 12.3. The largest absolute Gasteiger partial charge is 0.504 e. The van der Waals surface area contributed by atoms with Crippen LogP contribution in [0.3, 0.4) is 0 Å². The van der Waals surface area contributed by atoms with Gasteiger partial charge in [0.2, 0.25) is 0 Å². The van der Waals surface area contributed by atoms with Crippen molar-refractivity contribution < 1.29 is 14.9 Å². The lowest BCUT2D eigenvalue weighted by Crippen LogP contribution is -2.76. The first-order chi connectivity index (χ1) is 16.6. The molecular weight excluding hydrogens is 422 g/mol. The maximum absolute atomic E-state index is 12.7. The van der Waals surface area contributed by atoms with E-state index in [1.54, 1.807) is 6.07 Å². The molecular formula is C30H29NO3. The van der Waals surface area contributed by atoms with Crippen molar-refractivity contribution in [1.82, 2.24) is 5.32 Å². The monoisotopic (exact) mass is 451 g/mol. The summed E-state index contributed by atoms with van der Waals surface area (Å²) >= 11 is 0. The van der Waals surface area contributed by atoms with Crippen LogP contribution in [0, 0.1) is 5.92 Å². The van der Waals surface area contributed by atoms with Crippen molar-refractivity contribution in [3.8, 4) is 11.5 Å². The predicted molar refractivity (Wildman–Crippen MR) is 131 cm³/mol. The average molecular weight is 452 g/mol. The number of aromatic hydroxyl groups is 1. The van der Waals surface area contributed by atoms with E-state index in [1.807, 2.05) is 42.5 Å². The van der Waals surface area contributed by atoms with Crippen molar-refractivity contribution in [3.05, 3.63) is 107 Å². The summed E-state index contributed by atoms with van der Waals surface area (Å²) < 4.78 is 7.01. The highest BCUT2D eigenvalue weighted by atomic mass is 16.5. The molecule has 172 valence electrons. The standard InChI is InChI=1S/C30H29NO3/c32-25-12-11-22-17-24-23-13-14-28(33,18-20-7-3-1-4-8-20)30(19-21-9-5-2-6-10-21)29(23,15-16-31-24)26(22)27(25)34-30/h1-14,23-24,31-33H,15-19H2/t23-,24+,28+,29-,30-/m0/s1. The van der Waals surface area contributed by atoms with Gasteiger partial charge in [0.05, 0.1) is 5.41 Å². The molecule has 4 nitrogen and oxygen atoms in total. The van der Waals surface area contributed by atoms with Gasteiger partial charge in [0.25, 0.3) is 0 Å². The highest BCUT2D eigenvalue weighted by Gasteiger charge is 2.75. The minimum absolute atomic E-state index is 0.174. The number of rotatable bonds is 4. The zero-order valence-corrected chi connectivity index (χ0v) is 19.1. The Bertz CT molecular complexity index is 1290. The maximum atomic E-state index is 12.7. The Morgan fingerprint density at radius 1 is 0.912 bits per heavy atom. The van der Waals surface area contributed by atoms with Crippen molar-refractivity contribution in [2.75, 3.05) is 6.54 Å². The van der Waals surface area contributed by atoms with E-state index in [2.05, 4.69) is 41.7 Å². The lowest BCUT2D eigenvalue weighted by Gasteiger charge is -2.62. The molecule has 5 atom stereocenters. The minimum Gasteiger partial charge on any atom is -0.504 e. The normalized spacial score (nSPS) is 34.4. The molecule has 0 aromatic heterocycles. The third kappa shape index (κ3) is 2.45. The van der Waals surface area contributed by atoms with Gasteiger partial charge in [-0.25, -0.2) is 0 Å². The number of hydrogen-bond donors (Lipinski definition) is 3. The predicted octanol–water partition coefficient (Wildman–Crippen LogP) is 4.08. The van der Waals surface area contributed by atoms with Crippen molar-refractivity contribution in [3.63, 3.8) is 0 Å². The molecule has 1 saturated heterocycles. The lowest BCUT2D eigenvalue weighted by molar-refractivity contribution is -0.163. The summed E-state index contributed by atoms with van der Waals surface area (Å²) in [6.07, 6.45) is 7.04. The van der Waals surface area contributed by atoms with Gasteiger partial charge >= 0.3 is 0 Å². The summed E-state index contributed by atoms with van der Waals surface area (Å²) in [6, 6.07) is 24.7. The maximum Gasteiger partial charge on any atom is 0.166 e. The topological polar surface area (TPSA) is 61.7 Å². The molecule has 34 heavy (non-hydrogen) atoms. The number of ether oxygens (including phenoxy) is 1. The van der Waals surface area contributed by atoms with Crippen LogP contribution in [0.4, 0.5) is 0 Å². The van der Waals surface area contributed by atoms with Crippen molar-refractivity contribution in [2.45, 2.75) is 48.3 Å². The van der Waals surface area contributed by atoms with Crippen LogP contribution in [0.15, 0.2) is 84.9 Å². The van der Waals surface area contributed by atoms with E-state index in [0.29, 0.717) is 18.6 Å². The van der Waals surface area contributed by atoms with Gasteiger partial charge in [-0.3, -0.25) is 0 Å². The molecule has 0 amide bonds. The van der Waals surface area contributed by atoms with Gasteiger partial charge in [0, 0.05) is 30.4 Å². The molecule has 3 aromatic rings. The molecule has 1 spiro atoms. The molecule has 3 N–H and O–H groups in total. The van der Waals surface area contributed by atoms with Gasteiger partial charge in [0.15, 0.2) is 17.1 Å². The van der Waals surface area contributed by atoms with Crippen molar-refractivity contribution >= 4 is 0 Å². The van der Waals surface area contributed by atoms with Crippen LogP contribution in [0.5, 0.6) is 11.5 Å². The summed E-state index contributed by atoms with van der Waals surface area (Å²) in [7, 11) is 0. The van der Waals surface area contributed by atoms with E-state index >= 15 is 0 Å². The Hall–Kier alpha value is -3.08. The first-order valence-corrected chi connectivity index (χ1v) is 12.3. The van der Waals surface area contributed by atoms with Crippen LogP contribution in [0.2, 0.25) is 0 Å². The summed E-state index contributed by atoms with van der Waals surface area (Å²) in [5, 5.41) is 27.5. The second-order valence-electron chi connectivity index (χ2n) is 10.5. The lowest BCUT2D eigenvalue weighted by atomic mass is 9.45. The first kappa shape index (κ1) is 20.3. The van der Waals surface area contributed by atoms with E-state index < -0.39 is 16.6 Å². The SMILES string of the molecule is Oc1ccc2c3c1O[C@@]1(Cc4ccccc4)[C@](O)(Cc4ccccc4)C=C[C@H]4[C@@H](C2)NCC[C@@]341. The molecule has 0 saturated carbocycles. The molecule has 0 unspecified atom stereocenters. The summed E-state index contributed by atoms with van der Waals surface area (Å²) in [5.41, 5.74) is 1.96. The Labute approximate surface area is 199 Å². The molecule has 4 aliphatic rings. The summed E-state index contributed by atoms with van der Waals surface area (Å²) in [6.45, 7) is 0.866. The van der Waals surface area contributed by atoms with E-state index in [4.69, 9.17) is 4.74 Å². The Balaban J connectivity index is 1.52. The molecule has 3 aromatic carbocycles. The fourth-order valence-corrected chi connectivity index (χ4v) is 7.64. The highest BCUT2D eigenvalue weighted by Crippen LogP contribution is 2.68. The zero-order valence-electron chi connectivity index (χ0n) is 19.1. The third-order valence-electron chi connectivity index (χ3n) is 8.93. The van der Waals surface area contributed by atoms with Crippen LogP contribution < -0.4 is 10.1 Å². The number of phenols is 1. The second-order valence-corrected chi connectivity index (χ2v) is 10.5. The molecule has 2 aliphatic carbocycles. The van der Waals surface area contributed by atoms with Crippen molar-refractivity contribution in [2.24, 2.45) is 5.92 Å². The van der Waals surface area contributed by atoms with Crippen LogP contribution in [0.25, 0.3) is 0 Å². The van der Waals surface area contributed by atoms with Crippen LogP contribution in [0.1, 0.15) is 28.7 Å². The number of phenolic OH excluding ortho intramolecular Hbond substituents is 1. The van der Waals surface area contributed by atoms with Gasteiger partial charge in [-0.05, 0) is 42.1 Å². The number of benzene rings is 3. The van der Waals surface area contributed by atoms with E-state index in [1.165, 1.54) is 5.56 Å². The molecule has 2 bridgehead atoms. The average Bonchev–Trinajstić information content (AvgIpc) is 3.14. The number of piperidine rings is 1. The molecule has 0 radical (unpaired) electrons. The fourth-order valence-electron chi connectivity index (χ4n) is 7.64.